The van der Waals surface area contributed by atoms with Gasteiger partial charge < -0.3 is 15.2 Å². The number of aryl methyl sites for hydroxylation is 3. The van der Waals surface area contributed by atoms with Crippen molar-refractivity contribution in [1.82, 2.24) is 0 Å². The van der Waals surface area contributed by atoms with Crippen LogP contribution in [0.25, 0.3) is 0 Å². The second kappa shape index (κ2) is 6.52. The Morgan fingerprint density at radius 2 is 1.86 bits per heavy atom. The number of phenolic OH excluding ortho intramolecular Hbond substituents is 1. The van der Waals surface area contributed by atoms with Gasteiger partial charge in [0, 0.05) is 0 Å². The summed E-state index contributed by atoms with van der Waals surface area (Å²) >= 11 is 0. The van der Waals surface area contributed by atoms with Gasteiger partial charge in [0.25, 0.3) is 5.91 Å². The number of phenols is 1. The fourth-order valence-corrected chi connectivity index (χ4v) is 2.27. The van der Waals surface area contributed by atoms with Crippen molar-refractivity contribution in [2.24, 2.45) is 0 Å². The number of hydrogen-bond donors (Lipinski definition) is 2. The van der Waals surface area contributed by atoms with E-state index in [1.165, 1.54) is 0 Å². The van der Waals surface area contributed by atoms with Crippen LogP contribution in [0.4, 0.5) is 5.69 Å². The van der Waals surface area contributed by atoms with Crippen LogP contribution in [0.1, 0.15) is 22.3 Å². The van der Waals surface area contributed by atoms with Crippen molar-refractivity contribution in [2.75, 3.05) is 11.9 Å². The molecule has 0 bridgehead atoms. The molecule has 0 unspecified atom stereocenters. The number of nitrogens with one attached hydrogen (secondary N) is 1. The van der Waals surface area contributed by atoms with Crippen LogP contribution in [0.15, 0.2) is 30.3 Å². The summed E-state index contributed by atoms with van der Waals surface area (Å²) in [6.45, 7) is 7.56. The summed E-state index contributed by atoms with van der Waals surface area (Å²) < 4.78 is 5.56. The van der Waals surface area contributed by atoms with Gasteiger partial charge in [-0.3, -0.25) is 4.79 Å². The van der Waals surface area contributed by atoms with Gasteiger partial charge in [-0.25, -0.2) is 0 Å². The maximum atomic E-state index is 12.0. The predicted molar refractivity (Wildman–Crippen MR) is 87.6 cm³/mol. The summed E-state index contributed by atoms with van der Waals surface area (Å²) in [7, 11) is 0. The molecule has 0 atom stereocenters. The molecule has 2 aromatic carbocycles. The minimum atomic E-state index is -0.304. The van der Waals surface area contributed by atoms with Crippen molar-refractivity contribution in [1.29, 1.82) is 0 Å². The summed E-state index contributed by atoms with van der Waals surface area (Å²) in [5, 5.41) is 12.7. The number of hydrogen-bond acceptors (Lipinski definition) is 3. The highest BCUT2D eigenvalue weighted by Gasteiger charge is 2.11. The number of carbonyl (C=O) groups is 1. The maximum absolute atomic E-state index is 12.0. The molecule has 0 heterocycles. The normalized spacial score (nSPS) is 10.4. The lowest BCUT2D eigenvalue weighted by molar-refractivity contribution is -0.118. The third-order valence-corrected chi connectivity index (χ3v) is 3.63. The Balaban J connectivity index is 2.04. The molecule has 0 aliphatic rings. The maximum Gasteiger partial charge on any atom is 0.262 e. The molecule has 2 aromatic rings. The molecule has 0 saturated heterocycles. The minimum Gasteiger partial charge on any atom is -0.505 e. The Morgan fingerprint density at radius 3 is 2.59 bits per heavy atom. The fraction of sp³-hybridized carbons (Fsp3) is 0.278. The molecule has 2 rings (SSSR count). The molecular formula is C18H21NO3. The number of anilines is 1. The zero-order chi connectivity index (χ0) is 16.3. The number of benzene rings is 2. The van der Waals surface area contributed by atoms with Crippen LogP contribution in [-0.4, -0.2) is 17.6 Å². The Labute approximate surface area is 130 Å². The van der Waals surface area contributed by atoms with Gasteiger partial charge in [0.05, 0.1) is 5.69 Å². The van der Waals surface area contributed by atoms with Crippen molar-refractivity contribution in [3.8, 4) is 11.5 Å². The van der Waals surface area contributed by atoms with Gasteiger partial charge in [-0.15, -0.1) is 0 Å². The molecule has 1 amide bonds. The molecule has 116 valence electrons. The van der Waals surface area contributed by atoms with Crippen LogP contribution >= 0.6 is 0 Å². The summed E-state index contributed by atoms with van der Waals surface area (Å²) in [4.78, 5) is 12.0. The first kappa shape index (κ1) is 15.9. The Hall–Kier alpha value is -2.49. The SMILES string of the molecule is Cc1cc(C)c(O)c(NC(=O)COc2cccc(C)c2C)c1. The Bertz CT molecular complexity index is 708. The summed E-state index contributed by atoms with van der Waals surface area (Å²) in [6, 6.07) is 9.32. The van der Waals surface area contributed by atoms with Gasteiger partial charge in [0.15, 0.2) is 6.61 Å². The number of ether oxygens (including phenoxy) is 1. The van der Waals surface area contributed by atoms with Crippen molar-refractivity contribution in [2.45, 2.75) is 27.7 Å². The molecule has 0 saturated carbocycles. The van der Waals surface area contributed by atoms with E-state index in [2.05, 4.69) is 5.32 Å². The Kier molecular flexibility index (Phi) is 4.71. The third kappa shape index (κ3) is 3.58. The topological polar surface area (TPSA) is 58.6 Å². The summed E-state index contributed by atoms with van der Waals surface area (Å²) in [5.74, 6) is 0.478. The second-order valence-electron chi connectivity index (χ2n) is 5.51. The van der Waals surface area contributed by atoms with Crippen LogP contribution in [0, 0.1) is 27.7 Å². The highest BCUT2D eigenvalue weighted by molar-refractivity contribution is 5.93. The number of rotatable bonds is 4. The number of amides is 1. The lowest BCUT2D eigenvalue weighted by Gasteiger charge is -2.13. The molecule has 0 spiro atoms. The molecule has 0 aromatic heterocycles. The molecule has 0 aliphatic heterocycles. The molecule has 4 heteroatoms. The van der Waals surface area contributed by atoms with E-state index in [1.54, 1.807) is 13.0 Å². The number of aromatic hydroxyl groups is 1. The summed E-state index contributed by atoms with van der Waals surface area (Å²) in [6.07, 6.45) is 0. The van der Waals surface area contributed by atoms with Crippen LogP contribution in [0.2, 0.25) is 0 Å². The average molecular weight is 299 g/mol. The van der Waals surface area contributed by atoms with Gasteiger partial charge in [0.1, 0.15) is 11.5 Å². The van der Waals surface area contributed by atoms with Crippen molar-refractivity contribution in [3.63, 3.8) is 0 Å². The second-order valence-corrected chi connectivity index (χ2v) is 5.51. The van der Waals surface area contributed by atoms with Gasteiger partial charge in [-0.1, -0.05) is 18.2 Å². The van der Waals surface area contributed by atoms with E-state index in [0.29, 0.717) is 11.4 Å². The summed E-state index contributed by atoms with van der Waals surface area (Å²) in [5.41, 5.74) is 4.24. The van der Waals surface area contributed by atoms with Crippen molar-refractivity contribution >= 4 is 11.6 Å². The van der Waals surface area contributed by atoms with Gasteiger partial charge in [0.2, 0.25) is 0 Å². The fourth-order valence-electron chi connectivity index (χ4n) is 2.27. The molecule has 2 N–H and O–H groups in total. The molecule has 22 heavy (non-hydrogen) atoms. The lowest BCUT2D eigenvalue weighted by atomic mass is 10.1. The zero-order valence-corrected chi connectivity index (χ0v) is 13.4. The van der Waals surface area contributed by atoms with E-state index in [9.17, 15) is 9.90 Å². The van der Waals surface area contributed by atoms with E-state index < -0.39 is 0 Å². The molecule has 0 radical (unpaired) electrons. The van der Waals surface area contributed by atoms with E-state index >= 15 is 0 Å². The van der Waals surface area contributed by atoms with Crippen molar-refractivity contribution < 1.29 is 14.6 Å². The molecule has 0 aliphatic carbocycles. The standard InChI is InChI=1S/C18H21NO3/c1-11-8-13(3)18(21)15(9-11)19-17(20)10-22-16-7-5-6-12(2)14(16)4/h5-9,21H,10H2,1-4H3,(H,19,20). The monoisotopic (exact) mass is 299 g/mol. The average Bonchev–Trinajstić information content (AvgIpc) is 2.46. The van der Waals surface area contributed by atoms with Crippen LogP contribution in [-0.2, 0) is 4.79 Å². The molecule has 0 fully saturated rings. The first-order chi connectivity index (χ1) is 10.4. The molecule has 4 nitrogen and oxygen atoms in total. The van der Waals surface area contributed by atoms with Gasteiger partial charge in [-0.05, 0) is 62.1 Å². The van der Waals surface area contributed by atoms with E-state index in [4.69, 9.17) is 4.74 Å². The van der Waals surface area contributed by atoms with Crippen LogP contribution in [0.5, 0.6) is 11.5 Å². The predicted octanol–water partition coefficient (Wildman–Crippen LogP) is 3.64. The van der Waals surface area contributed by atoms with Gasteiger partial charge in [-0.2, -0.15) is 0 Å². The Morgan fingerprint density at radius 1 is 1.14 bits per heavy atom. The quantitative estimate of drug-likeness (QED) is 0.847. The first-order valence-electron chi connectivity index (χ1n) is 7.17. The lowest BCUT2D eigenvalue weighted by Crippen LogP contribution is -2.20. The number of carbonyl (C=O) groups excluding carboxylic acids is 1. The van der Waals surface area contributed by atoms with E-state index in [-0.39, 0.29) is 18.3 Å². The smallest absolute Gasteiger partial charge is 0.262 e. The zero-order valence-electron chi connectivity index (χ0n) is 13.4. The third-order valence-electron chi connectivity index (χ3n) is 3.63. The van der Waals surface area contributed by atoms with Crippen LogP contribution < -0.4 is 10.1 Å². The van der Waals surface area contributed by atoms with Crippen molar-refractivity contribution in [3.05, 3.63) is 52.6 Å². The van der Waals surface area contributed by atoms with Gasteiger partial charge >= 0.3 is 0 Å². The van der Waals surface area contributed by atoms with E-state index in [0.717, 1.165) is 22.3 Å². The largest absolute Gasteiger partial charge is 0.505 e. The minimum absolute atomic E-state index is 0.0886. The molecular weight excluding hydrogens is 278 g/mol. The highest BCUT2D eigenvalue weighted by Crippen LogP contribution is 2.28. The first-order valence-corrected chi connectivity index (χ1v) is 7.17. The van der Waals surface area contributed by atoms with E-state index in [1.807, 2.05) is 45.0 Å². The van der Waals surface area contributed by atoms with Crippen LogP contribution in [0.3, 0.4) is 0 Å². The highest BCUT2D eigenvalue weighted by atomic mass is 16.5.